The first kappa shape index (κ1) is 15.6. The molecule has 2 bridgehead atoms. The van der Waals surface area contributed by atoms with E-state index in [2.05, 4.69) is 28.0 Å². The van der Waals surface area contributed by atoms with Crippen molar-refractivity contribution in [1.82, 2.24) is 4.90 Å². The minimum absolute atomic E-state index is 0.0547. The third-order valence-corrected chi connectivity index (χ3v) is 8.44. The van der Waals surface area contributed by atoms with Crippen LogP contribution in [-0.2, 0) is 14.9 Å². The summed E-state index contributed by atoms with van der Waals surface area (Å²) in [4.78, 5) is 29.1. The number of piperidine rings is 2. The van der Waals surface area contributed by atoms with Gasteiger partial charge in [0, 0.05) is 35.7 Å². The lowest BCUT2D eigenvalue weighted by Crippen LogP contribution is -2.69. The third kappa shape index (κ3) is 1.56. The van der Waals surface area contributed by atoms with Crippen LogP contribution in [-0.4, -0.2) is 53.2 Å². The summed E-state index contributed by atoms with van der Waals surface area (Å²) in [7, 11) is 0. The van der Waals surface area contributed by atoms with Gasteiger partial charge < -0.3 is 9.64 Å². The molecule has 1 aromatic carbocycles. The van der Waals surface area contributed by atoms with Crippen LogP contribution in [0.15, 0.2) is 35.9 Å². The Kier molecular flexibility index (Phi) is 2.70. The fraction of sp³-hybridized carbons (Fsp3) is 0.571. The third-order valence-electron chi connectivity index (χ3n) is 8.44. The summed E-state index contributed by atoms with van der Waals surface area (Å²) in [5.74, 6) is 0.467. The molecule has 7 heteroatoms. The number of rotatable bonds is 1. The lowest BCUT2D eigenvalue weighted by atomic mass is 9.53. The van der Waals surface area contributed by atoms with Gasteiger partial charge in [0.25, 0.3) is 0 Å². The zero-order valence-electron chi connectivity index (χ0n) is 15.4. The molecule has 0 N–H and O–H groups in total. The van der Waals surface area contributed by atoms with E-state index in [1.54, 1.807) is 6.08 Å². The molecule has 1 aliphatic carbocycles. The summed E-state index contributed by atoms with van der Waals surface area (Å²) in [6, 6.07) is 8.86. The second-order valence-corrected chi connectivity index (χ2v) is 9.22. The van der Waals surface area contributed by atoms with Gasteiger partial charge in [-0.05, 0) is 42.5 Å². The van der Waals surface area contributed by atoms with Crippen LogP contribution in [0.4, 0.5) is 5.69 Å². The van der Waals surface area contributed by atoms with Crippen molar-refractivity contribution >= 4 is 11.6 Å². The number of hydrogen-bond acceptors (Lipinski definition) is 5. The zero-order valence-corrected chi connectivity index (χ0v) is 15.4. The molecule has 7 atom stereocenters. The molecule has 7 nitrogen and oxygen atoms in total. The molecule has 1 amide bonds. The molecular weight excluding hydrogens is 358 g/mol. The van der Waals surface area contributed by atoms with Gasteiger partial charge in [0.05, 0.1) is 23.5 Å². The van der Waals surface area contributed by atoms with E-state index in [9.17, 15) is 14.9 Å². The average Bonchev–Trinajstić information content (AvgIpc) is 3.16. The highest BCUT2D eigenvalue weighted by atomic mass is 16.7. The molecule has 7 rings (SSSR count). The smallest absolute Gasteiger partial charge is 0.310 e. The highest BCUT2D eigenvalue weighted by Crippen LogP contribution is 2.65. The lowest BCUT2D eigenvalue weighted by Gasteiger charge is -2.58. The summed E-state index contributed by atoms with van der Waals surface area (Å²) in [5, 5.41) is 11.6. The van der Waals surface area contributed by atoms with Gasteiger partial charge in [-0.2, -0.15) is 0 Å². The normalized spacial score (nSPS) is 44.8. The minimum Gasteiger partial charge on any atom is -0.310 e. The summed E-state index contributed by atoms with van der Waals surface area (Å²) in [6.45, 7) is 1.79. The van der Waals surface area contributed by atoms with Crippen molar-refractivity contribution in [3.63, 3.8) is 0 Å². The molecule has 3 saturated heterocycles. The van der Waals surface area contributed by atoms with Crippen LogP contribution >= 0.6 is 0 Å². The number of nitro groups is 1. The molecule has 1 aromatic rings. The first-order chi connectivity index (χ1) is 13.6. The van der Waals surface area contributed by atoms with E-state index < -0.39 is 6.23 Å². The van der Waals surface area contributed by atoms with Crippen molar-refractivity contribution in [2.24, 2.45) is 11.8 Å². The highest BCUT2D eigenvalue weighted by molar-refractivity contribution is 5.99. The standard InChI is InChI=1S/C21H21N3O4/c25-17-9-15-19-12-8-16-21(13-3-1-2-4-14(13)23(17)20(19)21)5-6-22(16)10-11(12)7-18(28-15)24(26)27/h1-4,7,12,15-16,18-20H,5-6,8-10H2/t12-,15-,16-,18-,19-,20+,21+/m0/s1. The maximum atomic E-state index is 13.3. The number of anilines is 1. The van der Waals surface area contributed by atoms with Gasteiger partial charge in [-0.1, -0.05) is 18.2 Å². The van der Waals surface area contributed by atoms with Crippen molar-refractivity contribution < 1.29 is 14.5 Å². The topological polar surface area (TPSA) is 75.9 Å². The summed E-state index contributed by atoms with van der Waals surface area (Å²) in [6.07, 6.45) is 2.55. The molecule has 4 fully saturated rings. The molecule has 6 aliphatic rings. The van der Waals surface area contributed by atoms with Gasteiger partial charge in [-0.25, -0.2) is 0 Å². The number of amides is 1. The molecule has 5 heterocycles. The first-order valence-corrected chi connectivity index (χ1v) is 10.2. The molecule has 144 valence electrons. The minimum atomic E-state index is -1.14. The molecule has 0 radical (unpaired) electrons. The number of hydrogen-bond donors (Lipinski definition) is 0. The Morgan fingerprint density at radius 3 is 3.00 bits per heavy atom. The number of carbonyl (C=O) groups is 1. The van der Waals surface area contributed by atoms with Crippen molar-refractivity contribution in [1.29, 1.82) is 0 Å². The van der Waals surface area contributed by atoms with Crippen LogP contribution in [0.5, 0.6) is 0 Å². The van der Waals surface area contributed by atoms with Gasteiger partial charge in [-0.15, -0.1) is 0 Å². The summed E-state index contributed by atoms with van der Waals surface area (Å²) < 4.78 is 6.02. The predicted molar refractivity (Wildman–Crippen MR) is 99.3 cm³/mol. The molecule has 0 unspecified atom stereocenters. The predicted octanol–water partition coefficient (Wildman–Crippen LogP) is 1.70. The van der Waals surface area contributed by atoms with Crippen molar-refractivity contribution in [2.75, 3.05) is 18.0 Å². The molecule has 5 aliphatic heterocycles. The fourth-order valence-electron chi connectivity index (χ4n) is 7.67. The van der Waals surface area contributed by atoms with E-state index in [1.165, 1.54) is 5.56 Å². The molecule has 0 aromatic heterocycles. The lowest BCUT2D eigenvalue weighted by molar-refractivity contribution is -0.565. The van der Waals surface area contributed by atoms with E-state index in [0.717, 1.165) is 37.2 Å². The maximum absolute atomic E-state index is 13.3. The molecular formula is C21H21N3O4. The van der Waals surface area contributed by atoms with E-state index in [0.29, 0.717) is 6.04 Å². The summed E-state index contributed by atoms with van der Waals surface area (Å²) >= 11 is 0. The maximum Gasteiger partial charge on any atom is 0.335 e. The summed E-state index contributed by atoms with van der Waals surface area (Å²) in [5.41, 5.74) is 3.47. The van der Waals surface area contributed by atoms with Crippen LogP contribution in [0, 0.1) is 22.0 Å². The van der Waals surface area contributed by atoms with Crippen LogP contribution in [0.1, 0.15) is 24.8 Å². The van der Waals surface area contributed by atoms with Crippen LogP contribution in [0.3, 0.4) is 0 Å². The second-order valence-electron chi connectivity index (χ2n) is 9.22. The first-order valence-electron chi connectivity index (χ1n) is 10.2. The van der Waals surface area contributed by atoms with E-state index >= 15 is 0 Å². The van der Waals surface area contributed by atoms with Gasteiger partial charge in [-0.3, -0.25) is 19.8 Å². The molecule has 1 saturated carbocycles. The van der Waals surface area contributed by atoms with Crippen LogP contribution in [0.25, 0.3) is 0 Å². The largest absolute Gasteiger partial charge is 0.335 e. The van der Waals surface area contributed by atoms with Crippen molar-refractivity contribution in [2.45, 2.75) is 49.1 Å². The number of para-hydroxylation sites is 1. The van der Waals surface area contributed by atoms with Crippen LogP contribution < -0.4 is 4.90 Å². The van der Waals surface area contributed by atoms with Gasteiger partial charge in [0.1, 0.15) is 0 Å². The van der Waals surface area contributed by atoms with Crippen molar-refractivity contribution in [3.8, 4) is 0 Å². The van der Waals surface area contributed by atoms with Gasteiger partial charge in [0.15, 0.2) is 0 Å². The van der Waals surface area contributed by atoms with Gasteiger partial charge >= 0.3 is 6.23 Å². The molecule has 1 spiro atoms. The monoisotopic (exact) mass is 379 g/mol. The van der Waals surface area contributed by atoms with E-state index in [-0.39, 0.29) is 46.6 Å². The Labute approximate surface area is 162 Å². The highest BCUT2D eigenvalue weighted by Gasteiger charge is 2.71. The Balaban J connectivity index is 1.50. The Morgan fingerprint density at radius 1 is 1.29 bits per heavy atom. The number of benzene rings is 1. The zero-order chi connectivity index (χ0) is 18.8. The fourth-order valence-corrected chi connectivity index (χ4v) is 7.67. The Bertz CT molecular complexity index is 976. The SMILES string of the molecule is O=C1C[C@@H]2O[C@H]([N+](=O)[O-])C=C3CN4CC[C@]56c7ccccc7N1[C@@H]5[C@H]2[C@H]3C[C@H]46. The Hall–Kier alpha value is -2.25. The van der Waals surface area contributed by atoms with Gasteiger partial charge in [0.2, 0.25) is 5.91 Å². The molecule has 28 heavy (non-hydrogen) atoms. The quantitative estimate of drug-likeness (QED) is 0.422. The Morgan fingerprint density at radius 2 is 2.14 bits per heavy atom. The van der Waals surface area contributed by atoms with Crippen molar-refractivity contribution in [3.05, 3.63) is 51.6 Å². The van der Waals surface area contributed by atoms with Crippen LogP contribution in [0.2, 0.25) is 0 Å². The number of carbonyl (C=O) groups excluding carboxylic acids is 1. The second kappa shape index (κ2) is 4.83. The van der Waals surface area contributed by atoms with E-state index in [1.807, 2.05) is 6.07 Å². The average molecular weight is 379 g/mol. The number of ether oxygens (including phenoxy) is 1. The number of nitrogens with zero attached hydrogens (tertiary/aromatic N) is 3. The van der Waals surface area contributed by atoms with E-state index in [4.69, 9.17) is 4.74 Å². The number of fused-ring (bicyclic) bond motifs is 2.